The Kier molecular flexibility index (Phi) is 20.7. The van der Waals surface area contributed by atoms with Gasteiger partial charge >= 0.3 is 6.09 Å². The van der Waals surface area contributed by atoms with Gasteiger partial charge in [-0.3, -0.25) is 4.79 Å². The lowest BCUT2D eigenvalue weighted by Gasteiger charge is -2.06. The summed E-state index contributed by atoms with van der Waals surface area (Å²) < 4.78 is 5.02. The van der Waals surface area contributed by atoms with Crippen LogP contribution in [0.15, 0.2) is 36.5 Å². The van der Waals surface area contributed by atoms with Gasteiger partial charge < -0.3 is 15.4 Å². The first-order valence-electron chi connectivity index (χ1n) is 11.3. The number of alkyl carbamates (subject to hydrolysis) is 1. The molecule has 0 heterocycles. The number of hydrogen-bond acceptors (Lipinski definition) is 3. The summed E-state index contributed by atoms with van der Waals surface area (Å²) in [4.78, 5) is 22.3. The predicted molar refractivity (Wildman–Crippen MR) is 122 cm³/mol. The molecule has 2 N–H and O–H groups in total. The molecule has 0 aliphatic carbocycles. The van der Waals surface area contributed by atoms with Crippen molar-refractivity contribution in [1.82, 2.24) is 10.6 Å². The van der Waals surface area contributed by atoms with Crippen LogP contribution in [0.1, 0.15) is 84.0 Å². The number of nitrogens with one attached hydrogen (secondary N) is 2. The molecule has 0 rings (SSSR count). The number of unbranched alkanes of at least 4 members (excludes halogenated alkanes) is 8. The van der Waals surface area contributed by atoms with Gasteiger partial charge in [-0.1, -0.05) is 81.9 Å². The summed E-state index contributed by atoms with van der Waals surface area (Å²) in [7, 11) is 1.53. The van der Waals surface area contributed by atoms with Gasteiger partial charge in [0.1, 0.15) is 0 Å². The van der Waals surface area contributed by atoms with Crippen LogP contribution in [0.25, 0.3) is 0 Å². The van der Waals surface area contributed by atoms with Crippen molar-refractivity contribution < 1.29 is 14.3 Å². The Balaban J connectivity index is 3.27. The van der Waals surface area contributed by atoms with E-state index in [2.05, 4.69) is 54.0 Å². The van der Waals surface area contributed by atoms with E-state index in [0.717, 1.165) is 32.1 Å². The topological polar surface area (TPSA) is 67.4 Å². The van der Waals surface area contributed by atoms with Crippen LogP contribution >= 0.6 is 0 Å². The fourth-order valence-corrected chi connectivity index (χ4v) is 2.71. The number of rotatable bonds is 18. The minimum Gasteiger partial charge on any atom is -0.450 e. The summed E-state index contributed by atoms with van der Waals surface area (Å²) in [6, 6.07) is 0. The van der Waals surface area contributed by atoms with E-state index in [1.54, 1.807) is 0 Å². The predicted octanol–water partition coefficient (Wildman–Crippen LogP) is 5.83. The SMILES string of the molecule is CC/C=C/C/C=C/C/C=C/CCCCCCCCCCOC(=O)NCC(=O)NC. The highest BCUT2D eigenvalue weighted by Gasteiger charge is 2.03. The summed E-state index contributed by atoms with van der Waals surface area (Å²) in [6.07, 6.45) is 26.9. The van der Waals surface area contributed by atoms with Crippen molar-refractivity contribution >= 4 is 12.0 Å². The Morgan fingerprint density at radius 2 is 1.31 bits per heavy atom. The van der Waals surface area contributed by atoms with Crippen molar-refractivity contribution in [1.29, 1.82) is 0 Å². The highest BCUT2D eigenvalue weighted by Crippen LogP contribution is 2.10. The van der Waals surface area contributed by atoms with Gasteiger partial charge in [-0.05, 0) is 38.5 Å². The van der Waals surface area contributed by atoms with E-state index >= 15 is 0 Å². The van der Waals surface area contributed by atoms with E-state index in [9.17, 15) is 9.59 Å². The number of ether oxygens (including phenoxy) is 1. The second-order valence-electron chi connectivity index (χ2n) is 7.07. The number of amides is 2. The molecule has 0 radical (unpaired) electrons. The van der Waals surface area contributed by atoms with Crippen molar-refractivity contribution in [3.05, 3.63) is 36.5 Å². The molecule has 0 aromatic carbocycles. The third-order valence-electron chi connectivity index (χ3n) is 4.45. The molecular weight excluding hydrogens is 364 g/mol. The number of carbonyl (C=O) groups excluding carboxylic acids is 2. The van der Waals surface area contributed by atoms with Gasteiger partial charge in [-0.15, -0.1) is 0 Å². The molecule has 0 bridgehead atoms. The van der Waals surface area contributed by atoms with Gasteiger partial charge in [-0.25, -0.2) is 4.79 Å². The zero-order valence-corrected chi connectivity index (χ0v) is 18.6. The molecule has 0 atom stereocenters. The number of likely N-dealkylation sites (N-methyl/N-ethyl adjacent to an activating group) is 1. The highest BCUT2D eigenvalue weighted by molar-refractivity contribution is 5.81. The Hall–Kier alpha value is -2.04. The van der Waals surface area contributed by atoms with Gasteiger partial charge in [0.2, 0.25) is 5.91 Å². The highest BCUT2D eigenvalue weighted by atomic mass is 16.5. The molecule has 5 nitrogen and oxygen atoms in total. The standard InChI is InChI=1S/C24H42N2O3/c1-3-4-5-6-7-8-9-10-11-12-13-14-15-16-17-18-19-20-21-29-24(28)26-22-23(27)25-2/h4-5,7-8,10-11H,3,6,9,12-22H2,1-2H3,(H,25,27)(H,26,28)/b5-4+,8-7+,11-10+. The monoisotopic (exact) mass is 406 g/mol. The maximum absolute atomic E-state index is 11.3. The molecule has 5 heteroatoms. The smallest absolute Gasteiger partial charge is 0.407 e. The zero-order valence-electron chi connectivity index (χ0n) is 18.6. The first-order valence-corrected chi connectivity index (χ1v) is 11.3. The van der Waals surface area contributed by atoms with Crippen LogP contribution in [-0.4, -0.2) is 32.2 Å². The summed E-state index contributed by atoms with van der Waals surface area (Å²) in [6.45, 7) is 2.53. The Labute approximate surface area is 178 Å². The van der Waals surface area contributed by atoms with Crippen molar-refractivity contribution in [2.75, 3.05) is 20.2 Å². The first kappa shape index (κ1) is 27.0. The summed E-state index contributed by atoms with van der Waals surface area (Å²) >= 11 is 0. The fraction of sp³-hybridized carbons (Fsp3) is 0.667. The van der Waals surface area contributed by atoms with Gasteiger partial charge in [0.25, 0.3) is 0 Å². The number of carbonyl (C=O) groups is 2. The maximum Gasteiger partial charge on any atom is 0.407 e. The molecular formula is C24H42N2O3. The average Bonchev–Trinajstić information content (AvgIpc) is 2.73. The molecule has 166 valence electrons. The normalized spacial score (nSPS) is 11.5. The lowest BCUT2D eigenvalue weighted by molar-refractivity contribution is -0.119. The van der Waals surface area contributed by atoms with E-state index < -0.39 is 6.09 Å². The second kappa shape index (κ2) is 22.3. The molecule has 2 amide bonds. The van der Waals surface area contributed by atoms with E-state index in [1.807, 2.05) is 0 Å². The Morgan fingerprint density at radius 3 is 1.93 bits per heavy atom. The van der Waals surface area contributed by atoms with Crippen molar-refractivity contribution in [2.24, 2.45) is 0 Å². The van der Waals surface area contributed by atoms with Crippen LogP contribution in [-0.2, 0) is 9.53 Å². The van der Waals surface area contributed by atoms with E-state index in [1.165, 1.54) is 52.0 Å². The second-order valence-corrected chi connectivity index (χ2v) is 7.07. The van der Waals surface area contributed by atoms with Crippen LogP contribution in [0.3, 0.4) is 0 Å². The maximum atomic E-state index is 11.3. The molecule has 0 aliphatic heterocycles. The minimum absolute atomic E-state index is 0.0425. The molecule has 0 saturated carbocycles. The van der Waals surface area contributed by atoms with Gasteiger partial charge in [0, 0.05) is 7.05 Å². The summed E-state index contributed by atoms with van der Waals surface area (Å²) in [5.41, 5.74) is 0. The molecule has 0 aromatic heterocycles. The number of hydrogen-bond donors (Lipinski definition) is 2. The summed E-state index contributed by atoms with van der Waals surface area (Å²) in [5.74, 6) is -0.235. The van der Waals surface area contributed by atoms with Crippen LogP contribution in [0.5, 0.6) is 0 Å². The zero-order chi connectivity index (χ0) is 21.4. The van der Waals surface area contributed by atoms with E-state index in [-0.39, 0.29) is 12.5 Å². The quantitative estimate of drug-likeness (QED) is 0.222. The molecule has 0 spiro atoms. The van der Waals surface area contributed by atoms with E-state index in [4.69, 9.17) is 4.74 Å². The molecule has 0 aromatic rings. The van der Waals surface area contributed by atoms with E-state index in [0.29, 0.717) is 6.61 Å². The summed E-state index contributed by atoms with van der Waals surface area (Å²) in [5, 5.41) is 4.84. The largest absolute Gasteiger partial charge is 0.450 e. The Morgan fingerprint density at radius 1 is 0.759 bits per heavy atom. The van der Waals surface area contributed by atoms with Gasteiger partial charge in [0.15, 0.2) is 0 Å². The molecule has 29 heavy (non-hydrogen) atoms. The average molecular weight is 407 g/mol. The third kappa shape index (κ3) is 22.1. The fourth-order valence-electron chi connectivity index (χ4n) is 2.71. The van der Waals surface area contributed by atoms with Gasteiger partial charge in [-0.2, -0.15) is 0 Å². The first-order chi connectivity index (χ1) is 14.2. The Bertz CT molecular complexity index is 485. The van der Waals surface area contributed by atoms with Crippen molar-refractivity contribution in [2.45, 2.75) is 84.0 Å². The number of allylic oxidation sites excluding steroid dienone is 6. The molecule has 0 saturated heterocycles. The molecule has 0 aliphatic rings. The molecule has 0 unspecified atom stereocenters. The minimum atomic E-state index is -0.525. The molecule has 0 fully saturated rings. The van der Waals surface area contributed by atoms with Crippen LogP contribution in [0.2, 0.25) is 0 Å². The van der Waals surface area contributed by atoms with Crippen LogP contribution in [0.4, 0.5) is 4.79 Å². The lowest BCUT2D eigenvalue weighted by atomic mass is 10.1. The lowest BCUT2D eigenvalue weighted by Crippen LogP contribution is -2.35. The third-order valence-corrected chi connectivity index (χ3v) is 4.45. The van der Waals surface area contributed by atoms with Crippen LogP contribution < -0.4 is 10.6 Å². The van der Waals surface area contributed by atoms with Gasteiger partial charge in [0.05, 0.1) is 13.2 Å². The van der Waals surface area contributed by atoms with Crippen molar-refractivity contribution in [3.63, 3.8) is 0 Å². The van der Waals surface area contributed by atoms with Crippen molar-refractivity contribution in [3.8, 4) is 0 Å². The van der Waals surface area contributed by atoms with Crippen LogP contribution in [0, 0.1) is 0 Å².